The predicted octanol–water partition coefficient (Wildman–Crippen LogP) is 3.03. The van der Waals surface area contributed by atoms with E-state index in [-0.39, 0.29) is 30.0 Å². The maximum Gasteiger partial charge on any atom is 0.230 e. The number of carbonyl (C=O) groups is 1. The molecule has 1 aromatic carbocycles. The third-order valence-corrected chi connectivity index (χ3v) is 4.53. The van der Waals surface area contributed by atoms with Crippen molar-refractivity contribution in [1.82, 2.24) is 0 Å². The molecule has 1 aliphatic heterocycles. The number of nitrogens with two attached hydrogens (primary N) is 1. The van der Waals surface area contributed by atoms with E-state index in [2.05, 4.69) is 21.2 Å². The molecule has 1 amide bonds. The minimum atomic E-state index is -0.125. The van der Waals surface area contributed by atoms with E-state index in [0.29, 0.717) is 11.4 Å². The van der Waals surface area contributed by atoms with Gasteiger partial charge in [-0.25, -0.2) is 0 Å². The van der Waals surface area contributed by atoms with Crippen molar-refractivity contribution in [2.45, 2.75) is 33.0 Å². The molecule has 2 rings (SSSR count). The van der Waals surface area contributed by atoms with Gasteiger partial charge in [0.2, 0.25) is 5.91 Å². The van der Waals surface area contributed by atoms with Crippen molar-refractivity contribution >= 4 is 33.2 Å². The Balaban J connectivity index is 2.10. The lowest BCUT2D eigenvalue weighted by atomic mass is 9.89. The normalized spacial score (nSPS) is 30.3. The Labute approximate surface area is 121 Å². The Morgan fingerprint density at radius 3 is 2.53 bits per heavy atom. The highest BCUT2D eigenvalue weighted by molar-refractivity contribution is 9.10. The van der Waals surface area contributed by atoms with Crippen LogP contribution in [0.25, 0.3) is 0 Å². The molecule has 1 aliphatic rings. The molecule has 3 N–H and O–H groups in total. The van der Waals surface area contributed by atoms with Gasteiger partial charge in [0, 0.05) is 15.8 Å². The molecule has 4 atom stereocenters. The average Bonchev–Trinajstić information content (AvgIpc) is 2.58. The Bertz CT molecular complexity index is 492. The van der Waals surface area contributed by atoms with Crippen LogP contribution in [0.15, 0.2) is 22.7 Å². The summed E-state index contributed by atoms with van der Waals surface area (Å²) >= 11 is 3.33. The molecule has 1 aromatic rings. The molecule has 0 aliphatic carbocycles. The first-order chi connectivity index (χ1) is 8.90. The van der Waals surface area contributed by atoms with E-state index < -0.39 is 0 Å². The van der Waals surface area contributed by atoms with Crippen molar-refractivity contribution in [3.8, 4) is 0 Å². The van der Waals surface area contributed by atoms with Crippen LogP contribution in [0.4, 0.5) is 11.4 Å². The Kier molecular flexibility index (Phi) is 4.16. The van der Waals surface area contributed by atoms with Crippen LogP contribution in [0.1, 0.15) is 20.8 Å². The summed E-state index contributed by atoms with van der Waals surface area (Å²) in [7, 11) is 0. The summed E-state index contributed by atoms with van der Waals surface area (Å²) in [5.74, 6) is 0.0775. The zero-order chi connectivity index (χ0) is 14.2. The summed E-state index contributed by atoms with van der Waals surface area (Å²) in [6, 6.07) is 5.40. The van der Waals surface area contributed by atoms with E-state index in [9.17, 15) is 4.79 Å². The summed E-state index contributed by atoms with van der Waals surface area (Å²) in [6.07, 6.45) is 0.0542. The molecule has 1 fully saturated rings. The summed E-state index contributed by atoms with van der Waals surface area (Å²) in [5.41, 5.74) is 7.12. The second-order valence-electron chi connectivity index (χ2n) is 5.16. The second-order valence-corrected chi connectivity index (χ2v) is 6.01. The first-order valence-electron chi connectivity index (χ1n) is 6.41. The zero-order valence-electron chi connectivity index (χ0n) is 11.3. The van der Waals surface area contributed by atoms with E-state index in [4.69, 9.17) is 10.5 Å². The third kappa shape index (κ3) is 2.92. The van der Waals surface area contributed by atoms with Crippen molar-refractivity contribution in [3.05, 3.63) is 22.7 Å². The summed E-state index contributed by atoms with van der Waals surface area (Å²) in [4.78, 5) is 12.3. The fourth-order valence-corrected chi connectivity index (χ4v) is 2.81. The largest absolute Gasteiger partial charge is 0.398 e. The quantitative estimate of drug-likeness (QED) is 0.821. The molecule has 0 radical (unpaired) electrons. The number of nitrogen functional groups attached to an aromatic ring is 1. The molecule has 0 saturated carbocycles. The number of hydrogen-bond donors (Lipinski definition) is 2. The van der Waals surface area contributed by atoms with Crippen LogP contribution >= 0.6 is 15.9 Å². The second kappa shape index (κ2) is 5.51. The number of carbonyl (C=O) groups excluding carboxylic acids is 1. The molecule has 19 heavy (non-hydrogen) atoms. The van der Waals surface area contributed by atoms with Crippen LogP contribution in [0.5, 0.6) is 0 Å². The number of ether oxygens (including phenoxy) is 1. The lowest BCUT2D eigenvalue weighted by Crippen LogP contribution is -2.32. The van der Waals surface area contributed by atoms with Gasteiger partial charge in [-0.2, -0.15) is 0 Å². The molecule has 0 spiro atoms. The molecule has 0 bridgehead atoms. The summed E-state index contributed by atoms with van der Waals surface area (Å²) in [6.45, 7) is 6.00. The number of nitrogens with one attached hydrogen (secondary N) is 1. The molecule has 0 aromatic heterocycles. The predicted molar refractivity (Wildman–Crippen MR) is 79.8 cm³/mol. The monoisotopic (exact) mass is 326 g/mol. The smallest absolute Gasteiger partial charge is 0.230 e. The van der Waals surface area contributed by atoms with Crippen LogP contribution < -0.4 is 11.1 Å². The minimum Gasteiger partial charge on any atom is -0.398 e. The van der Waals surface area contributed by atoms with Crippen LogP contribution in [-0.4, -0.2) is 18.1 Å². The van der Waals surface area contributed by atoms with Crippen LogP contribution in [-0.2, 0) is 9.53 Å². The molecular formula is C14H19BrN2O2. The third-order valence-electron chi connectivity index (χ3n) is 3.81. The zero-order valence-corrected chi connectivity index (χ0v) is 12.9. The molecule has 5 heteroatoms. The average molecular weight is 327 g/mol. The van der Waals surface area contributed by atoms with Gasteiger partial charge < -0.3 is 15.8 Å². The SMILES string of the molecule is CC1OC(C)C(C(=O)Nc2ccc(Br)c(N)c2)C1C. The summed E-state index contributed by atoms with van der Waals surface area (Å²) in [5, 5.41) is 2.91. The van der Waals surface area contributed by atoms with Crippen molar-refractivity contribution in [1.29, 1.82) is 0 Å². The van der Waals surface area contributed by atoms with E-state index in [1.54, 1.807) is 6.07 Å². The summed E-state index contributed by atoms with van der Waals surface area (Å²) < 4.78 is 6.52. The molecule has 4 unspecified atom stereocenters. The molecule has 1 saturated heterocycles. The highest BCUT2D eigenvalue weighted by atomic mass is 79.9. The fraction of sp³-hybridized carbons (Fsp3) is 0.500. The lowest BCUT2D eigenvalue weighted by Gasteiger charge is -2.18. The van der Waals surface area contributed by atoms with Crippen LogP contribution in [0.2, 0.25) is 0 Å². The molecular weight excluding hydrogens is 308 g/mol. The number of amides is 1. The molecule has 4 nitrogen and oxygen atoms in total. The van der Waals surface area contributed by atoms with Gasteiger partial charge in [-0.1, -0.05) is 6.92 Å². The lowest BCUT2D eigenvalue weighted by molar-refractivity contribution is -0.121. The Morgan fingerprint density at radius 1 is 1.32 bits per heavy atom. The number of halogens is 1. The number of benzene rings is 1. The van der Waals surface area contributed by atoms with Crippen LogP contribution in [0, 0.1) is 11.8 Å². The Hall–Kier alpha value is -1.07. The highest BCUT2D eigenvalue weighted by Gasteiger charge is 2.41. The van der Waals surface area contributed by atoms with Crippen molar-refractivity contribution in [3.63, 3.8) is 0 Å². The van der Waals surface area contributed by atoms with E-state index in [1.807, 2.05) is 32.9 Å². The van der Waals surface area contributed by atoms with Gasteiger partial charge in [0.1, 0.15) is 0 Å². The van der Waals surface area contributed by atoms with Gasteiger partial charge >= 0.3 is 0 Å². The van der Waals surface area contributed by atoms with Crippen molar-refractivity contribution < 1.29 is 9.53 Å². The highest BCUT2D eigenvalue weighted by Crippen LogP contribution is 2.33. The Morgan fingerprint density at radius 2 is 2.00 bits per heavy atom. The van der Waals surface area contributed by atoms with Gasteiger partial charge in [-0.3, -0.25) is 4.79 Å². The number of anilines is 2. The van der Waals surface area contributed by atoms with Gasteiger partial charge in [-0.05, 0) is 53.9 Å². The standard InChI is InChI=1S/C14H19BrN2O2/c1-7-8(2)19-9(3)13(7)14(18)17-10-4-5-11(15)12(16)6-10/h4-9,13H,16H2,1-3H3,(H,17,18). The maximum absolute atomic E-state index is 12.3. The van der Waals surface area contributed by atoms with Crippen LogP contribution in [0.3, 0.4) is 0 Å². The van der Waals surface area contributed by atoms with Gasteiger partial charge in [0.25, 0.3) is 0 Å². The maximum atomic E-state index is 12.3. The molecule has 104 valence electrons. The van der Waals surface area contributed by atoms with Gasteiger partial charge in [0.05, 0.1) is 18.1 Å². The van der Waals surface area contributed by atoms with Gasteiger partial charge in [0.15, 0.2) is 0 Å². The topological polar surface area (TPSA) is 64.3 Å². The minimum absolute atomic E-state index is 0.00827. The number of rotatable bonds is 2. The fourth-order valence-electron chi connectivity index (χ4n) is 2.57. The first kappa shape index (κ1) is 14.3. The van der Waals surface area contributed by atoms with E-state index >= 15 is 0 Å². The van der Waals surface area contributed by atoms with Crippen molar-refractivity contribution in [2.75, 3.05) is 11.1 Å². The molecule has 1 heterocycles. The first-order valence-corrected chi connectivity index (χ1v) is 7.20. The van der Waals surface area contributed by atoms with Crippen molar-refractivity contribution in [2.24, 2.45) is 11.8 Å². The van der Waals surface area contributed by atoms with Gasteiger partial charge in [-0.15, -0.1) is 0 Å². The van der Waals surface area contributed by atoms with E-state index in [1.165, 1.54) is 0 Å². The van der Waals surface area contributed by atoms with E-state index in [0.717, 1.165) is 4.47 Å². The number of hydrogen-bond acceptors (Lipinski definition) is 3.